The van der Waals surface area contributed by atoms with Crippen molar-refractivity contribution in [1.82, 2.24) is 0 Å². The van der Waals surface area contributed by atoms with Crippen LogP contribution < -0.4 is 4.74 Å². The third-order valence-electron chi connectivity index (χ3n) is 3.06. The van der Waals surface area contributed by atoms with Gasteiger partial charge in [0, 0.05) is 0 Å². The Balaban J connectivity index is 0.00000338. The molecule has 0 unspecified atom stereocenters. The predicted octanol–water partition coefficient (Wildman–Crippen LogP) is 2.32. The average molecular weight is 415 g/mol. The second-order valence-electron chi connectivity index (χ2n) is 4.69. The van der Waals surface area contributed by atoms with E-state index < -0.39 is 25.1 Å². The fourth-order valence-electron chi connectivity index (χ4n) is 2.10. The summed E-state index contributed by atoms with van der Waals surface area (Å²) >= 11 is 0. The monoisotopic (exact) mass is 415 g/mol. The van der Waals surface area contributed by atoms with Crippen LogP contribution >= 0.6 is 13.5 Å². The van der Waals surface area contributed by atoms with Crippen molar-refractivity contribution < 1.29 is 30.7 Å². The first-order valence-electron chi connectivity index (χ1n) is 6.55. The number of benzene rings is 2. The van der Waals surface area contributed by atoms with Crippen molar-refractivity contribution in [2.75, 3.05) is 0 Å². The van der Waals surface area contributed by atoms with Gasteiger partial charge in [-0.05, 0) is 23.3 Å². The van der Waals surface area contributed by atoms with E-state index in [0.717, 1.165) is 0 Å². The van der Waals surface area contributed by atoms with Gasteiger partial charge in [0.1, 0.15) is 9.79 Å². The van der Waals surface area contributed by atoms with Gasteiger partial charge in [0.2, 0.25) is 0 Å². The molecule has 0 fully saturated rings. The summed E-state index contributed by atoms with van der Waals surface area (Å²) in [4.78, 5) is -1.01. The Morgan fingerprint density at radius 3 is 2.04 bits per heavy atom. The first-order valence-corrected chi connectivity index (χ1v) is 9.43. The maximum Gasteiger partial charge on any atom is 0.298 e. The molecule has 0 saturated carbocycles. The van der Waals surface area contributed by atoms with Crippen LogP contribution in [0.5, 0.6) is 5.75 Å². The van der Waals surface area contributed by atoms with Crippen LogP contribution in [0.4, 0.5) is 0 Å². The number of hydrogen-bond acceptors (Lipinski definition) is 6. The molecule has 0 aliphatic heterocycles. The van der Waals surface area contributed by atoms with Gasteiger partial charge in [0.25, 0.3) is 26.5 Å². The van der Waals surface area contributed by atoms with E-state index in [1.54, 1.807) is 0 Å². The standard InChI is InChI=1S/C15H11NO7S2.H2S/c16-10-23-13-6-3-5-12(15(13)25(20,21)22)9-8-11-4-1-2-7-14(11)24(17,18)19;/h1-9H,(H,17,18,19)(H,20,21,22);1H2. The Kier molecular flexibility index (Phi) is 6.96. The van der Waals surface area contributed by atoms with Crippen molar-refractivity contribution in [2.24, 2.45) is 0 Å². The summed E-state index contributed by atoms with van der Waals surface area (Å²) in [7, 11) is -9.20. The number of nitrogens with zero attached hydrogens (tertiary/aromatic N) is 1. The molecular weight excluding hydrogens is 402 g/mol. The molecule has 2 N–H and O–H groups in total. The summed E-state index contributed by atoms with van der Waals surface area (Å²) < 4.78 is 69.0. The summed E-state index contributed by atoms with van der Waals surface area (Å²) in [5.74, 6) is -0.379. The van der Waals surface area contributed by atoms with Gasteiger partial charge in [-0.2, -0.15) is 30.3 Å². The molecule has 0 bridgehead atoms. The molecule has 26 heavy (non-hydrogen) atoms. The van der Waals surface area contributed by atoms with Crippen LogP contribution in [0.25, 0.3) is 12.2 Å². The molecule has 0 spiro atoms. The van der Waals surface area contributed by atoms with Crippen LogP contribution in [0.2, 0.25) is 0 Å². The smallest absolute Gasteiger partial charge is 0.298 e. The summed E-state index contributed by atoms with van der Waals surface area (Å²) in [6.45, 7) is 0. The highest BCUT2D eigenvalue weighted by atomic mass is 32.2. The molecule has 0 heterocycles. The molecule has 138 valence electrons. The van der Waals surface area contributed by atoms with Crippen molar-refractivity contribution in [3.05, 3.63) is 53.6 Å². The third-order valence-corrected chi connectivity index (χ3v) is 4.94. The lowest BCUT2D eigenvalue weighted by molar-refractivity contribution is 0.461. The van der Waals surface area contributed by atoms with E-state index >= 15 is 0 Å². The maximum absolute atomic E-state index is 11.6. The highest BCUT2D eigenvalue weighted by Crippen LogP contribution is 2.29. The van der Waals surface area contributed by atoms with Crippen LogP contribution in [0, 0.1) is 11.5 Å². The zero-order valence-electron chi connectivity index (χ0n) is 12.9. The van der Waals surface area contributed by atoms with Gasteiger partial charge in [-0.25, -0.2) is 0 Å². The quantitative estimate of drug-likeness (QED) is 0.430. The van der Waals surface area contributed by atoms with Crippen LogP contribution in [0.15, 0.2) is 52.3 Å². The molecule has 0 aliphatic rings. The second-order valence-corrected chi connectivity index (χ2v) is 7.44. The Morgan fingerprint density at radius 1 is 0.885 bits per heavy atom. The molecule has 0 atom stereocenters. The number of hydrogen-bond donors (Lipinski definition) is 2. The van der Waals surface area contributed by atoms with E-state index in [1.807, 2.05) is 0 Å². The fraction of sp³-hybridized carbons (Fsp3) is 0. The van der Waals surface area contributed by atoms with E-state index in [9.17, 15) is 25.9 Å². The van der Waals surface area contributed by atoms with Gasteiger partial charge >= 0.3 is 0 Å². The van der Waals surface area contributed by atoms with Gasteiger partial charge in [0.15, 0.2) is 5.75 Å². The van der Waals surface area contributed by atoms with Crippen molar-refractivity contribution >= 4 is 45.9 Å². The predicted molar refractivity (Wildman–Crippen MR) is 98.1 cm³/mol. The molecule has 0 amide bonds. The van der Waals surface area contributed by atoms with Gasteiger partial charge in [0.05, 0.1) is 0 Å². The maximum atomic E-state index is 11.6. The molecule has 8 nitrogen and oxygen atoms in total. The Morgan fingerprint density at radius 2 is 1.46 bits per heavy atom. The second kappa shape index (κ2) is 8.35. The Hall–Kier alpha value is -2.36. The number of nitriles is 1. The first-order chi connectivity index (χ1) is 11.6. The van der Waals surface area contributed by atoms with E-state index in [0.29, 0.717) is 0 Å². The molecule has 2 aromatic rings. The van der Waals surface area contributed by atoms with E-state index in [2.05, 4.69) is 4.74 Å². The molecular formula is C15H13NO7S3. The van der Waals surface area contributed by atoms with E-state index in [-0.39, 0.29) is 35.3 Å². The van der Waals surface area contributed by atoms with Gasteiger partial charge in [-0.1, -0.05) is 42.5 Å². The third kappa shape index (κ3) is 5.07. The lowest BCUT2D eigenvalue weighted by Gasteiger charge is -2.07. The van der Waals surface area contributed by atoms with Crippen molar-refractivity contribution in [2.45, 2.75) is 9.79 Å². The van der Waals surface area contributed by atoms with Crippen LogP contribution in [-0.4, -0.2) is 25.9 Å². The molecule has 0 aromatic heterocycles. The number of ether oxygens (including phenoxy) is 1. The summed E-state index contributed by atoms with van der Waals surface area (Å²) in [5.41, 5.74) is 0.0540. The van der Waals surface area contributed by atoms with E-state index in [4.69, 9.17) is 5.26 Å². The van der Waals surface area contributed by atoms with Crippen LogP contribution in [0.1, 0.15) is 11.1 Å². The van der Waals surface area contributed by atoms with Crippen molar-refractivity contribution in [1.29, 1.82) is 5.26 Å². The molecule has 0 aliphatic carbocycles. The Bertz CT molecular complexity index is 1080. The molecule has 11 heteroatoms. The summed E-state index contributed by atoms with van der Waals surface area (Å²) in [5, 5.41) is 8.57. The minimum atomic E-state index is -4.72. The van der Waals surface area contributed by atoms with Gasteiger partial charge in [-0.15, -0.1) is 5.26 Å². The summed E-state index contributed by atoms with van der Waals surface area (Å²) in [6.07, 6.45) is 3.76. The lowest BCUT2D eigenvalue weighted by atomic mass is 10.1. The highest BCUT2D eigenvalue weighted by Gasteiger charge is 2.21. The molecule has 0 saturated heterocycles. The van der Waals surface area contributed by atoms with E-state index in [1.165, 1.54) is 60.9 Å². The lowest BCUT2D eigenvalue weighted by Crippen LogP contribution is -2.04. The minimum Gasteiger partial charge on any atom is -0.387 e. The Labute approximate surface area is 157 Å². The fourth-order valence-corrected chi connectivity index (χ4v) is 3.58. The van der Waals surface area contributed by atoms with Crippen LogP contribution in [-0.2, 0) is 20.2 Å². The average Bonchev–Trinajstić information content (AvgIpc) is 2.51. The minimum absolute atomic E-state index is 0. The van der Waals surface area contributed by atoms with Gasteiger partial charge < -0.3 is 4.74 Å². The largest absolute Gasteiger partial charge is 0.387 e. The first kappa shape index (κ1) is 21.7. The highest BCUT2D eigenvalue weighted by molar-refractivity contribution is 7.86. The SMILES string of the molecule is N#COc1cccc(C=Cc2ccccc2S(=O)(=O)O)c1S(=O)(=O)O.S. The zero-order chi connectivity index (χ0) is 18.7. The summed E-state index contributed by atoms with van der Waals surface area (Å²) in [6, 6.07) is 9.38. The van der Waals surface area contributed by atoms with Crippen molar-refractivity contribution in [3.8, 4) is 12.0 Å². The normalized spacial score (nSPS) is 11.6. The number of rotatable bonds is 5. The van der Waals surface area contributed by atoms with Crippen LogP contribution in [0.3, 0.4) is 0 Å². The van der Waals surface area contributed by atoms with Gasteiger partial charge in [-0.3, -0.25) is 9.11 Å². The molecule has 2 rings (SSSR count). The molecule has 0 radical (unpaired) electrons. The molecule has 2 aromatic carbocycles. The van der Waals surface area contributed by atoms with Crippen molar-refractivity contribution in [3.63, 3.8) is 0 Å². The zero-order valence-corrected chi connectivity index (χ0v) is 15.5. The topological polar surface area (TPSA) is 142 Å².